The van der Waals surface area contributed by atoms with E-state index in [0.717, 1.165) is 28.1 Å². The van der Waals surface area contributed by atoms with E-state index in [1.807, 2.05) is 56.3 Å². The first kappa shape index (κ1) is 21.6. The lowest BCUT2D eigenvalue weighted by atomic mass is 10.0. The summed E-state index contributed by atoms with van der Waals surface area (Å²) in [6, 6.07) is 24.2. The standard InChI is InChI=1S/C27H29N3O2/c1-19-9-12-23(13-10-19)26-16-24(32-29-26)18-30(17-22-7-5-4-6-8-22)27(31)28-25-14-11-20(2)15-21(25)3/h4-15,24H,16-18H2,1-3H3,(H,28,31). The molecule has 0 fully saturated rings. The van der Waals surface area contributed by atoms with Crippen LogP contribution in [0.25, 0.3) is 0 Å². The zero-order valence-electron chi connectivity index (χ0n) is 18.8. The number of urea groups is 1. The number of aryl methyl sites for hydroxylation is 3. The Kier molecular flexibility index (Phi) is 6.55. The first-order valence-electron chi connectivity index (χ1n) is 10.9. The summed E-state index contributed by atoms with van der Waals surface area (Å²) < 4.78 is 0. The Morgan fingerprint density at radius 3 is 2.44 bits per heavy atom. The van der Waals surface area contributed by atoms with Crippen molar-refractivity contribution in [2.24, 2.45) is 5.16 Å². The molecule has 2 amide bonds. The molecule has 1 unspecified atom stereocenters. The molecule has 4 rings (SSSR count). The third-order valence-corrected chi connectivity index (χ3v) is 5.67. The summed E-state index contributed by atoms with van der Waals surface area (Å²) in [6.07, 6.45) is 0.491. The Labute approximate surface area is 189 Å². The Morgan fingerprint density at radius 1 is 1.00 bits per heavy atom. The molecular formula is C27H29N3O2. The molecule has 3 aromatic rings. The van der Waals surface area contributed by atoms with Crippen LogP contribution in [0.5, 0.6) is 0 Å². The second-order valence-corrected chi connectivity index (χ2v) is 8.45. The number of anilines is 1. The smallest absolute Gasteiger partial charge is 0.322 e. The SMILES string of the molecule is Cc1ccc(C2=NOC(CN(Cc3ccccc3)C(=O)Nc3ccc(C)cc3C)C2)cc1. The van der Waals surface area contributed by atoms with Gasteiger partial charge in [-0.2, -0.15) is 0 Å². The maximum absolute atomic E-state index is 13.3. The highest BCUT2D eigenvalue weighted by molar-refractivity contribution is 6.01. The summed E-state index contributed by atoms with van der Waals surface area (Å²) in [5, 5.41) is 7.38. The van der Waals surface area contributed by atoms with Crippen LogP contribution in [-0.4, -0.2) is 29.3 Å². The van der Waals surface area contributed by atoms with E-state index in [2.05, 4.69) is 47.7 Å². The van der Waals surface area contributed by atoms with Gasteiger partial charge in [-0.25, -0.2) is 4.79 Å². The Bertz CT molecular complexity index is 1110. The number of nitrogens with zero attached hydrogens (tertiary/aromatic N) is 2. The first-order chi connectivity index (χ1) is 15.5. The zero-order chi connectivity index (χ0) is 22.5. The zero-order valence-corrected chi connectivity index (χ0v) is 18.8. The summed E-state index contributed by atoms with van der Waals surface area (Å²) in [5.74, 6) is 0. The van der Waals surface area contributed by atoms with Crippen molar-refractivity contribution in [2.45, 2.75) is 39.8 Å². The minimum Gasteiger partial charge on any atom is -0.390 e. The maximum Gasteiger partial charge on any atom is 0.322 e. The molecule has 32 heavy (non-hydrogen) atoms. The van der Waals surface area contributed by atoms with Gasteiger partial charge in [-0.15, -0.1) is 0 Å². The number of hydrogen-bond acceptors (Lipinski definition) is 3. The molecule has 1 atom stereocenters. The van der Waals surface area contributed by atoms with Gasteiger partial charge in [0.2, 0.25) is 0 Å². The summed E-state index contributed by atoms with van der Waals surface area (Å²) in [5.41, 5.74) is 7.30. The Hall–Kier alpha value is -3.60. The topological polar surface area (TPSA) is 53.9 Å². The van der Waals surface area contributed by atoms with Crippen LogP contribution in [-0.2, 0) is 11.4 Å². The van der Waals surface area contributed by atoms with Crippen LogP contribution < -0.4 is 5.32 Å². The van der Waals surface area contributed by atoms with E-state index in [0.29, 0.717) is 19.5 Å². The van der Waals surface area contributed by atoms with Gasteiger partial charge in [0.15, 0.2) is 6.10 Å². The molecule has 1 heterocycles. The fourth-order valence-corrected chi connectivity index (χ4v) is 3.86. The molecule has 1 aliphatic heterocycles. The highest BCUT2D eigenvalue weighted by Crippen LogP contribution is 2.21. The van der Waals surface area contributed by atoms with Crippen LogP contribution in [0, 0.1) is 20.8 Å². The van der Waals surface area contributed by atoms with Gasteiger partial charge in [-0.3, -0.25) is 0 Å². The van der Waals surface area contributed by atoms with Crippen LogP contribution in [0.3, 0.4) is 0 Å². The van der Waals surface area contributed by atoms with Gasteiger partial charge in [0.25, 0.3) is 0 Å². The minimum absolute atomic E-state index is 0.145. The predicted molar refractivity (Wildman–Crippen MR) is 129 cm³/mol. The number of benzene rings is 3. The number of nitrogens with one attached hydrogen (secondary N) is 1. The largest absolute Gasteiger partial charge is 0.390 e. The molecule has 3 aromatic carbocycles. The summed E-state index contributed by atoms with van der Waals surface area (Å²) in [4.78, 5) is 20.8. The van der Waals surface area contributed by atoms with Gasteiger partial charge in [-0.1, -0.05) is 83.0 Å². The highest BCUT2D eigenvalue weighted by Gasteiger charge is 2.27. The second-order valence-electron chi connectivity index (χ2n) is 8.45. The lowest BCUT2D eigenvalue weighted by molar-refractivity contribution is 0.0608. The van der Waals surface area contributed by atoms with Crippen molar-refractivity contribution in [1.29, 1.82) is 0 Å². The number of amides is 2. The van der Waals surface area contributed by atoms with Crippen LogP contribution in [0.1, 0.15) is 34.2 Å². The Balaban J connectivity index is 1.47. The van der Waals surface area contributed by atoms with Crippen molar-refractivity contribution in [3.63, 3.8) is 0 Å². The van der Waals surface area contributed by atoms with E-state index < -0.39 is 0 Å². The van der Waals surface area contributed by atoms with E-state index in [1.54, 1.807) is 4.90 Å². The number of carbonyl (C=O) groups excluding carboxylic acids is 1. The fraction of sp³-hybridized carbons (Fsp3) is 0.259. The summed E-state index contributed by atoms with van der Waals surface area (Å²) >= 11 is 0. The lowest BCUT2D eigenvalue weighted by Gasteiger charge is -2.25. The molecule has 0 aromatic heterocycles. The minimum atomic E-state index is -0.181. The highest BCUT2D eigenvalue weighted by atomic mass is 16.6. The van der Waals surface area contributed by atoms with Crippen molar-refractivity contribution in [1.82, 2.24) is 4.90 Å². The van der Waals surface area contributed by atoms with E-state index >= 15 is 0 Å². The normalized spacial score (nSPS) is 15.1. The molecule has 164 valence electrons. The maximum atomic E-state index is 13.3. The van der Waals surface area contributed by atoms with Gasteiger partial charge in [0, 0.05) is 18.7 Å². The number of carbonyl (C=O) groups is 1. The van der Waals surface area contributed by atoms with Crippen molar-refractivity contribution >= 4 is 17.4 Å². The van der Waals surface area contributed by atoms with Gasteiger partial charge < -0.3 is 15.1 Å². The average molecular weight is 428 g/mol. The first-order valence-corrected chi connectivity index (χ1v) is 10.9. The summed E-state index contributed by atoms with van der Waals surface area (Å²) in [7, 11) is 0. The molecule has 0 saturated heterocycles. The fourth-order valence-electron chi connectivity index (χ4n) is 3.86. The van der Waals surface area contributed by atoms with Crippen LogP contribution in [0.4, 0.5) is 10.5 Å². The number of rotatable bonds is 6. The van der Waals surface area contributed by atoms with Crippen molar-refractivity contribution in [2.75, 3.05) is 11.9 Å². The molecule has 1 aliphatic rings. The van der Waals surface area contributed by atoms with E-state index in [1.165, 1.54) is 11.1 Å². The molecule has 5 nitrogen and oxygen atoms in total. The lowest BCUT2D eigenvalue weighted by Crippen LogP contribution is -2.40. The van der Waals surface area contributed by atoms with Crippen LogP contribution >= 0.6 is 0 Å². The second kappa shape index (κ2) is 9.69. The van der Waals surface area contributed by atoms with Crippen molar-refractivity contribution < 1.29 is 9.63 Å². The van der Waals surface area contributed by atoms with Gasteiger partial charge in [0.1, 0.15) is 0 Å². The average Bonchev–Trinajstić information content (AvgIpc) is 3.25. The molecule has 1 N–H and O–H groups in total. The van der Waals surface area contributed by atoms with Gasteiger partial charge in [0.05, 0.1) is 12.3 Å². The quantitative estimate of drug-likeness (QED) is 0.537. The third kappa shape index (κ3) is 5.35. The van der Waals surface area contributed by atoms with E-state index in [-0.39, 0.29) is 12.1 Å². The molecular weight excluding hydrogens is 398 g/mol. The molecule has 0 radical (unpaired) electrons. The molecule has 0 saturated carbocycles. The van der Waals surface area contributed by atoms with Crippen molar-refractivity contribution in [3.05, 3.63) is 101 Å². The van der Waals surface area contributed by atoms with E-state index in [9.17, 15) is 4.79 Å². The van der Waals surface area contributed by atoms with Crippen molar-refractivity contribution in [3.8, 4) is 0 Å². The molecule has 0 bridgehead atoms. The molecule has 0 aliphatic carbocycles. The Morgan fingerprint density at radius 2 is 1.72 bits per heavy atom. The van der Waals surface area contributed by atoms with E-state index in [4.69, 9.17) is 4.84 Å². The summed E-state index contributed by atoms with van der Waals surface area (Å²) in [6.45, 7) is 7.06. The predicted octanol–water partition coefficient (Wildman–Crippen LogP) is 5.84. The molecule has 0 spiro atoms. The molecule has 5 heteroatoms. The monoisotopic (exact) mass is 427 g/mol. The third-order valence-electron chi connectivity index (χ3n) is 5.67. The van der Waals surface area contributed by atoms with Gasteiger partial charge >= 0.3 is 6.03 Å². The number of hydrogen-bond donors (Lipinski definition) is 1. The van der Waals surface area contributed by atoms with Crippen LogP contribution in [0.15, 0.2) is 78.0 Å². The number of oxime groups is 1. The van der Waals surface area contributed by atoms with Crippen LogP contribution in [0.2, 0.25) is 0 Å². The van der Waals surface area contributed by atoms with Gasteiger partial charge in [-0.05, 0) is 43.5 Å².